The van der Waals surface area contributed by atoms with Crippen LogP contribution in [0.3, 0.4) is 0 Å². The van der Waals surface area contributed by atoms with Crippen LogP contribution in [0.2, 0.25) is 0 Å². The van der Waals surface area contributed by atoms with E-state index in [1.54, 1.807) is 0 Å². The standard InChI is InChI=1S/C13H12F3NO2/c1-17(18)8-9-6-7-12(19-9)10-4-2-3-5-11(10)13(14,15)16/h2-7,18H,8H2,1H3. The molecule has 0 saturated heterocycles. The van der Waals surface area contributed by atoms with Crippen LogP contribution in [0, 0.1) is 0 Å². The molecule has 0 saturated carbocycles. The van der Waals surface area contributed by atoms with E-state index in [-0.39, 0.29) is 17.9 Å². The van der Waals surface area contributed by atoms with E-state index in [9.17, 15) is 13.2 Å². The largest absolute Gasteiger partial charge is 0.460 e. The number of alkyl halides is 3. The van der Waals surface area contributed by atoms with Crippen molar-refractivity contribution in [3.05, 3.63) is 47.7 Å². The minimum Gasteiger partial charge on any atom is -0.460 e. The van der Waals surface area contributed by atoms with Crippen LogP contribution in [0.1, 0.15) is 11.3 Å². The predicted molar refractivity (Wildman–Crippen MR) is 62.4 cm³/mol. The summed E-state index contributed by atoms with van der Waals surface area (Å²) in [5.41, 5.74) is -0.755. The van der Waals surface area contributed by atoms with Gasteiger partial charge in [0, 0.05) is 12.6 Å². The maximum Gasteiger partial charge on any atom is 0.417 e. The highest BCUT2D eigenvalue weighted by Crippen LogP contribution is 2.37. The van der Waals surface area contributed by atoms with E-state index in [1.807, 2.05) is 0 Å². The summed E-state index contributed by atoms with van der Waals surface area (Å²) >= 11 is 0. The highest BCUT2D eigenvalue weighted by atomic mass is 19.4. The fraction of sp³-hybridized carbons (Fsp3) is 0.231. The zero-order valence-electron chi connectivity index (χ0n) is 10.1. The van der Waals surface area contributed by atoms with Gasteiger partial charge in [0.15, 0.2) is 0 Å². The first kappa shape index (κ1) is 13.6. The number of hydroxylamine groups is 2. The number of hydrogen-bond acceptors (Lipinski definition) is 3. The molecule has 0 bridgehead atoms. The lowest BCUT2D eigenvalue weighted by Gasteiger charge is -2.10. The molecular weight excluding hydrogens is 259 g/mol. The molecule has 19 heavy (non-hydrogen) atoms. The van der Waals surface area contributed by atoms with Crippen molar-refractivity contribution in [1.29, 1.82) is 0 Å². The van der Waals surface area contributed by atoms with Crippen LogP contribution in [0.25, 0.3) is 11.3 Å². The second-order valence-electron chi connectivity index (χ2n) is 4.13. The van der Waals surface area contributed by atoms with E-state index in [0.717, 1.165) is 11.1 Å². The SMILES string of the molecule is CN(O)Cc1ccc(-c2ccccc2C(F)(F)F)o1. The van der Waals surface area contributed by atoms with Gasteiger partial charge in [0.05, 0.1) is 12.1 Å². The topological polar surface area (TPSA) is 36.6 Å². The third-order valence-electron chi connectivity index (χ3n) is 2.54. The third-order valence-corrected chi connectivity index (χ3v) is 2.54. The Morgan fingerprint density at radius 1 is 1.16 bits per heavy atom. The molecule has 1 aromatic heterocycles. The Balaban J connectivity index is 2.39. The van der Waals surface area contributed by atoms with E-state index in [4.69, 9.17) is 9.62 Å². The molecule has 0 amide bonds. The molecule has 102 valence electrons. The number of furan rings is 1. The number of hydrogen-bond donors (Lipinski definition) is 1. The first-order valence-corrected chi connectivity index (χ1v) is 5.53. The molecule has 2 rings (SSSR count). The molecule has 0 unspecified atom stereocenters. The molecule has 1 aromatic carbocycles. The van der Waals surface area contributed by atoms with Crippen LogP contribution in [-0.4, -0.2) is 17.3 Å². The number of halogens is 3. The summed E-state index contributed by atoms with van der Waals surface area (Å²) in [6.45, 7) is 0.105. The highest BCUT2D eigenvalue weighted by Gasteiger charge is 2.34. The van der Waals surface area contributed by atoms with Gasteiger partial charge in [-0.3, -0.25) is 0 Å². The molecule has 2 aromatic rings. The average molecular weight is 271 g/mol. The van der Waals surface area contributed by atoms with Crippen molar-refractivity contribution in [3.63, 3.8) is 0 Å². The minimum absolute atomic E-state index is 0.0122. The Hall–Kier alpha value is -1.79. The molecule has 0 aliphatic heterocycles. The fourth-order valence-corrected chi connectivity index (χ4v) is 1.78. The van der Waals surface area contributed by atoms with E-state index >= 15 is 0 Å². The zero-order valence-corrected chi connectivity index (χ0v) is 10.1. The van der Waals surface area contributed by atoms with E-state index < -0.39 is 11.7 Å². The van der Waals surface area contributed by atoms with Crippen molar-refractivity contribution in [2.75, 3.05) is 7.05 Å². The second-order valence-corrected chi connectivity index (χ2v) is 4.13. The molecule has 0 fully saturated rings. The lowest BCUT2D eigenvalue weighted by atomic mass is 10.1. The predicted octanol–water partition coefficient (Wildman–Crippen LogP) is 3.79. The van der Waals surface area contributed by atoms with E-state index in [1.165, 1.54) is 37.4 Å². The Morgan fingerprint density at radius 2 is 1.84 bits per heavy atom. The van der Waals surface area contributed by atoms with Gasteiger partial charge < -0.3 is 9.62 Å². The van der Waals surface area contributed by atoms with Gasteiger partial charge in [0.1, 0.15) is 11.5 Å². The quantitative estimate of drug-likeness (QED) is 0.863. The van der Waals surface area contributed by atoms with Gasteiger partial charge in [0.25, 0.3) is 0 Å². The molecule has 0 spiro atoms. The molecule has 0 aliphatic rings. The van der Waals surface area contributed by atoms with E-state index in [2.05, 4.69) is 0 Å². The molecule has 6 heteroatoms. The number of benzene rings is 1. The van der Waals surface area contributed by atoms with Gasteiger partial charge >= 0.3 is 6.18 Å². The van der Waals surface area contributed by atoms with Crippen molar-refractivity contribution in [3.8, 4) is 11.3 Å². The summed E-state index contributed by atoms with van der Waals surface area (Å²) in [5, 5.41) is 9.95. The number of nitrogens with zero attached hydrogens (tertiary/aromatic N) is 1. The first-order valence-electron chi connectivity index (χ1n) is 5.53. The summed E-state index contributed by atoms with van der Waals surface area (Å²) in [5.74, 6) is 0.516. The summed E-state index contributed by atoms with van der Waals surface area (Å²) in [6.07, 6.45) is -4.43. The molecule has 1 heterocycles. The minimum atomic E-state index is -4.43. The molecule has 0 atom stereocenters. The van der Waals surface area contributed by atoms with Gasteiger partial charge in [-0.2, -0.15) is 18.2 Å². The van der Waals surface area contributed by atoms with Crippen molar-refractivity contribution < 1.29 is 22.8 Å². The van der Waals surface area contributed by atoms with Gasteiger partial charge in [-0.05, 0) is 18.2 Å². The van der Waals surface area contributed by atoms with Crippen LogP contribution >= 0.6 is 0 Å². The van der Waals surface area contributed by atoms with Crippen LogP contribution in [0.4, 0.5) is 13.2 Å². The lowest BCUT2D eigenvalue weighted by Crippen LogP contribution is -2.10. The lowest BCUT2D eigenvalue weighted by molar-refractivity contribution is -0.137. The summed E-state index contributed by atoms with van der Waals surface area (Å²) < 4.78 is 43.9. The second kappa shape index (κ2) is 5.07. The van der Waals surface area contributed by atoms with Crippen molar-refractivity contribution in [2.45, 2.75) is 12.7 Å². The van der Waals surface area contributed by atoms with Gasteiger partial charge in [-0.1, -0.05) is 18.2 Å². The molecule has 3 nitrogen and oxygen atoms in total. The van der Waals surface area contributed by atoms with Crippen LogP contribution in [0.15, 0.2) is 40.8 Å². The Kier molecular flexibility index (Phi) is 3.64. The summed E-state index contributed by atoms with van der Waals surface area (Å²) in [6, 6.07) is 8.21. The third kappa shape index (κ3) is 3.15. The first-order chi connectivity index (χ1) is 8.88. The van der Waals surface area contributed by atoms with Gasteiger partial charge in [-0.15, -0.1) is 0 Å². The fourth-order valence-electron chi connectivity index (χ4n) is 1.78. The van der Waals surface area contributed by atoms with Gasteiger partial charge in [0.2, 0.25) is 0 Å². The molecule has 0 aliphatic carbocycles. The Bertz CT molecular complexity index is 561. The molecular formula is C13H12F3NO2. The molecule has 0 radical (unpaired) electrons. The van der Waals surface area contributed by atoms with Gasteiger partial charge in [-0.25, -0.2) is 0 Å². The van der Waals surface area contributed by atoms with E-state index in [0.29, 0.717) is 5.76 Å². The highest BCUT2D eigenvalue weighted by molar-refractivity contribution is 5.63. The normalized spacial score (nSPS) is 12.1. The summed E-state index contributed by atoms with van der Waals surface area (Å²) in [4.78, 5) is 0. The molecule has 1 N–H and O–H groups in total. The van der Waals surface area contributed by atoms with Crippen LogP contribution in [0.5, 0.6) is 0 Å². The van der Waals surface area contributed by atoms with Crippen molar-refractivity contribution >= 4 is 0 Å². The van der Waals surface area contributed by atoms with Crippen molar-refractivity contribution in [1.82, 2.24) is 5.06 Å². The van der Waals surface area contributed by atoms with Crippen LogP contribution in [-0.2, 0) is 12.7 Å². The number of rotatable bonds is 3. The average Bonchev–Trinajstić information content (AvgIpc) is 2.75. The Labute approximate surface area is 107 Å². The van der Waals surface area contributed by atoms with Crippen molar-refractivity contribution in [2.24, 2.45) is 0 Å². The monoisotopic (exact) mass is 271 g/mol. The van der Waals surface area contributed by atoms with Crippen LogP contribution < -0.4 is 0 Å². The maximum absolute atomic E-state index is 12.9. The smallest absolute Gasteiger partial charge is 0.417 e. The zero-order chi connectivity index (χ0) is 14.0. The summed E-state index contributed by atoms with van der Waals surface area (Å²) in [7, 11) is 1.42. The Morgan fingerprint density at radius 3 is 2.47 bits per heavy atom. The maximum atomic E-state index is 12.9.